The van der Waals surface area contributed by atoms with Crippen LogP contribution in [0.2, 0.25) is 5.02 Å². The first kappa shape index (κ1) is 13.4. The summed E-state index contributed by atoms with van der Waals surface area (Å²) in [6.07, 6.45) is 0. The highest BCUT2D eigenvalue weighted by Crippen LogP contribution is 2.14. The van der Waals surface area contributed by atoms with Gasteiger partial charge in [-0.25, -0.2) is 9.18 Å². The minimum atomic E-state index is -0.369. The Morgan fingerprint density at radius 3 is 2.68 bits per heavy atom. The van der Waals surface area contributed by atoms with Crippen molar-refractivity contribution >= 4 is 23.3 Å². The first-order valence-corrected chi connectivity index (χ1v) is 6.06. The lowest BCUT2D eigenvalue weighted by Crippen LogP contribution is -2.28. The molecule has 0 atom stereocenters. The van der Waals surface area contributed by atoms with Crippen LogP contribution in [-0.2, 0) is 6.54 Å². The summed E-state index contributed by atoms with van der Waals surface area (Å²) in [7, 11) is 0. The monoisotopic (exact) mass is 278 g/mol. The molecule has 0 fully saturated rings. The van der Waals surface area contributed by atoms with E-state index >= 15 is 0 Å². The fourth-order valence-electron chi connectivity index (χ4n) is 1.57. The Balaban J connectivity index is 1.88. The first-order valence-electron chi connectivity index (χ1n) is 5.68. The molecule has 2 N–H and O–H groups in total. The number of anilines is 1. The van der Waals surface area contributed by atoms with Gasteiger partial charge in [-0.05, 0) is 35.9 Å². The van der Waals surface area contributed by atoms with Gasteiger partial charge in [-0.2, -0.15) is 0 Å². The molecule has 0 spiro atoms. The van der Waals surface area contributed by atoms with Crippen LogP contribution in [0.5, 0.6) is 0 Å². The van der Waals surface area contributed by atoms with Gasteiger partial charge in [0.1, 0.15) is 5.82 Å². The predicted octanol–water partition coefficient (Wildman–Crippen LogP) is 3.80. The number of benzene rings is 2. The molecule has 0 unspecified atom stereocenters. The Hall–Kier alpha value is -2.07. The van der Waals surface area contributed by atoms with Crippen LogP contribution in [0.1, 0.15) is 5.56 Å². The Morgan fingerprint density at radius 2 is 1.95 bits per heavy atom. The zero-order valence-corrected chi connectivity index (χ0v) is 10.7. The summed E-state index contributed by atoms with van der Waals surface area (Å²) in [6.45, 7) is 0.254. The summed E-state index contributed by atoms with van der Waals surface area (Å²) in [5.41, 5.74) is 1.30. The first-order chi connectivity index (χ1) is 9.13. The van der Waals surface area contributed by atoms with Crippen molar-refractivity contribution in [3.8, 4) is 0 Å². The molecule has 98 valence electrons. The molecule has 0 aliphatic rings. The second kappa shape index (κ2) is 6.20. The Bertz CT molecular complexity index is 589. The SMILES string of the molecule is O=C(NCc1cccc(F)c1)Nc1cccc(Cl)c1. The molecule has 0 aliphatic heterocycles. The minimum Gasteiger partial charge on any atom is -0.334 e. The zero-order valence-electron chi connectivity index (χ0n) is 9.99. The van der Waals surface area contributed by atoms with E-state index in [1.807, 2.05) is 0 Å². The van der Waals surface area contributed by atoms with Crippen molar-refractivity contribution in [1.29, 1.82) is 0 Å². The van der Waals surface area contributed by atoms with E-state index in [0.29, 0.717) is 16.3 Å². The number of hydrogen-bond acceptors (Lipinski definition) is 1. The highest BCUT2D eigenvalue weighted by atomic mass is 35.5. The van der Waals surface area contributed by atoms with Crippen molar-refractivity contribution in [2.24, 2.45) is 0 Å². The highest BCUT2D eigenvalue weighted by Gasteiger charge is 2.02. The third kappa shape index (κ3) is 4.26. The maximum Gasteiger partial charge on any atom is 0.319 e. The summed E-state index contributed by atoms with van der Waals surface area (Å²) >= 11 is 5.81. The molecule has 0 radical (unpaired) electrons. The van der Waals surface area contributed by atoms with Crippen LogP contribution in [0.3, 0.4) is 0 Å². The van der Waals surface area contributed by atoms with Crippen LogP contribution < -0.4 is 10.6 Å². The molecular formula is C14H12ClFN2O. The van der Waals surface area contributed by atoms with Gasteiger partial charge in [0.25, 0.3) is 0 Å². The number of carbonyl (C=O) groups excluding carboxylic acids is 1. The molecule has 0 saturated heterocycles. The molecule has 3 nitrogen and oxygen atoms in total. The van der Waals surface area contributed by atoms with E-state index in [9.17, 15) is 9.18 Å². The lowest BCUT2D eigenvalue weighted by Gasteiger charge is -2.08. The largest absolute Gasteiger partial charge is 0.334 e. The van der Waals surface area contributed by atoms with Gasteiger partial charge < -0.3 is 10.6 Å². The Labute approximate surface area is 115 Å². The summed E-state index contributed by atoms with van der Waals surface area (Å²) < 4.78 is 12.9. The molecule has 5 heteroatoms. The molecule has 0 saturated carbocycles. The zero-order chi connectivity index (χ0) is 13.7. The topological polar surface area (TPSA) is 41.1 Å². The van der Waals surface area contributed by atoms with Crippen molar-refractivity contribution in [2.75, 3.05) is 5.32 Å². The van der Waals surface area contributed by atoms with E-state index in [0.717, 1.165) is 0 Å². The van der Waals surface area contributed by atoms with Gasteiger partial charge in [0.15, 0.2) is 0 Å². The quantitative estimate of drug-likeness (QED) is 0.881. The standard InChI is InChI=1S/C14H12ClFN2O/c15-11-4-2-6-13(8-11)18-14(19)17-9-10-3-1-5-12(16)7-10/h1-8H,9H2,(H2,17,18,19). The second-order valence-corrected chi connectivity index (χ2v) is 4.38. The molecule has 0 aliphatic carbocycles. The molecule has 0 aromatic heterocycles. The average molecular weight is 279 g/mol. The summed E-state index contributed by atoms with van der Waals surface area (Å²) in [6, 6.07) is 12.5. The third-order valence-electron chi connectivity index (χ3n) is 2.42. The van der Waals surface area contributed by atoms with E-state index in [2.05, 4.69) is 10.6 Å². The van der Waals surface area contributed by atoms with Crippen molar-refractivity contribution in [2.45, 2.75) is 6.54 Å². The van der Waals surface area contributed by atoms with Crippen LogP contribution in [-0.4, -0.2) is 6.03 Å². The smallest absolute Gasteiger partial charge is 0.319 e. The number of rotatable bonds is 3. The third-order valence-corrected chi connectivity index (χ3v) is 2.66. The van der Waals surface area contributed by atoms with Gasteiger partial charge in [-0.1, -0.05) is 29.8 Å². The van der Waals surface area contributed by atoms with Gasteiger partial charge in [-0.3, -0.25) is 0 Å². The van der Waals surface area contributed by atoms with Crippen molar-refractivity contribution < 1.29 is 9.18 Å². The average Bonchev–Trinajstić information content (AvgIpc) is 2.36. The van der Waals surface area contributed by atoms with Gasteiger partial charge in [0, 0.05) is 17.3 Å². The van der Waals surface area contributed by atoms with Crippen LogP contribution in [0, 0.1) is 5.82 Å². The van der Waals surface area contributed by atoms with Crippen molar-refractivity contribution in [3.63, 3.8) is 0 Å². The number of amides is 2. The number of carbonyl (C=O) groups is 1. The van der Waals surface area contributed by atoms with E-state index in [1.54, 1.807) is 36.4 Å². The van der Waals surface area contributed by atoms with Gasteiger partial charge in [0.2, 0.25) is 0 Å². The summed E-state index contributed by atoms with van der Waals surface area (Å²) in [4.78, 5) is 11.6. The van der Waals surface area contributed by atoms with E-state index in [4.69, 9.17) is 11.6 Å². The summed E-state index contributed by atoms with van der Waals surface area (Å²) in [5.74, 6) is -0.324. The van der Waals surface area contributed by atoms with Crippen LogP contribution >= 0.6 is 11.6 Å². The lowest BCUT2D eigenvalue weighted by atomic mass is 10.2. The van der Waals surface area contributed by atoms with Crippen molar-refractivity contribution in [3.05, 3.63) is 64.9 Å². The molecule has 0 heterocycles. The minimum absolute atomic E-state index is 0.254. The Morgan fingerprint density at radius 1 is 1.16 bits per heavy atom. The normalized spacial score (nSPS) is 10.0. The molecule has 0 bridgehead atoms. The molecule has 2 amide bonds. The second-order valence-electron chi connectivity index (χ2n) is 3.95. The number of hydrogen-bond donors (Lipinski definition) is 2. The molecule has 2 aromatic carbocycles. The molecule has 2 aromatic rings. The van der Waals surface area contributed by atoms with Gasteiger partial charge in [-0.15, -0.1) is 0 Å². The fourth-order valence-corrected chi connectivity index (χ4v) is 1.76. The van der Waals surface area contributed by atoms with Crippen LogP contribution in [0.4, 0.5) is 14.9 Å². The molecule has 19 heavy (non-hydrogen) atoms. The predicted molar refractivity (Wildman–Crippen MR) is 73.7 cm³/mol. The van der Waals surface area contributed by atoms with E-state index in [-0.39, 0.29) is 18.4 Å². The van der Waals surface area contributed by atoms with Crippen LogP contribution in [0.15, 0.2) is 48.5 Å². The highest BCUT2D eigenvalue weighted by molar-refractivity contribution is 6.30. The fraction of sp³-hybridized carbons (Fsp3) is 0.0714. The summed E-state index contributed by atoms with van der Waals surface area (Å²) in [5, 5.41) is 5.82. The number of urea groups is 1. The van der Waals surface area contributed by atoms with E-state index in [1.165, 1.54) is 12.1 Å². The lowest BCUT2D eigenvalue weighted by molar-refractivity contribution is 0.251. The maximum absolute atomic E-state index is 12.9. The number of nitrogens with one attached hydrogen (secondary N) is 2. The molecule has 2 rings (SSSR count). The van der Waals surface area contributed by atoms with Crippen LogP contribution in [0.25, 0.3) is 0 Å². The van der Waals surface area contributed by atoms with Gasteiger partial charge in [0.05, 0.1) is 0 Å². The molecular weight excluding hydrogens is 267 g/mol. The Kier molecular flexibility index (Phi) is 4.36. The van der Waals surface area contributed by atoms with Gasteiger partial charge >= 0.3 is 6.03 Å². The number of halogens is 2. The van der Waals surface area contributed by atoms with E-state index < -0.39 is 0 Å². The van der Waals surface area contributed by atoms with Crippen molar-refractivity contribution in [1.82, 2.24) is 5.32 Å². The maximum atomic E-state index is 12.9.